The Balaban J connectivity index is 1.49. The lowest BCUT2D eigenvalue weighted by Crippen LogP contribution is -2.19. The van der Waals surface area contributed by atoms with Gasteiger partial charge in [-0.2, -0.15) is 5.10 Å². The number of nitrogens with zero attached hydrogens (tertiary/aromatic N) is 2. The molecule has 0 saturated carbocycles. The smallest absolute Gasteiger partial charge is 0.250 e. The Bertz CT molecular complexity index is 993. The molecule has 0 spiro atoms. The number of amides is 1. The van der Waals surface area contributed by atoms with Crippen LogP contribution in [0.15, 0.2) is 61.8 Å². The van der Waals surface area contributed by atoms with E-state index in [1.165, 1.54) is 23.1 Å². The molecule has 1 amide bonds. The highest BCUT2D eigenvalue weighted by Crippen LogP contribution is 2.29. The minimum Gasteiger partial charge on any atom is -0.496 e. The number of carbonyl (C=O) groups is 1. The summed E-state index contributed by atoms with van der Waals surface area (Å²) < 4.78 is 6.82. The van der Waals surface area contributed by atoms with Gasteiger partial charge in [-0.1, -0.05) is 35.5 Å². The van der Waals surface area contributed by atoms with Gasteiger partial charge in [-0.05, 0) is 51.8 Å². The molecule has 1 N–H and O–H groups in total. The minimum absolute atomic E-state index is 0.197. The summed E-state index contributed by atoms with van der Waals surface area (Å²) in [4.78, 5) is 16.5. The summed E-state index contributed by atoms with van der Waals surface area (Å²) >= 11 is 12.2. The molecule has 5 nitrogen and oxygen atoms in total. The monoisotopic (exact) mass is 495 g/mol. The number of benzene rings is 2. The molecule has 3 rings (SSSR count). The van der Waals surface area contributed by atoms with Crippen LogP contribution < -0.4 is 10.2 Å². The van der Waals surface area contributed by atoms with Crippen molar-refractivity contribution >= 4 is 62.8 Å². The summed E-state index contributed by atoms with van der Waals surface area (Å²) in [7, 11) is 1.60. The van der Waals surface area contributed by atoms with Gasteiger partial charge >= 0.3 is 0 Å². The lowest BCUT2D eigenvalue weighted by molar-refractivity contribution is -0.118. The number of methoxy groups -OCH3 is 1. The number of ether oxygens (including phenoxy) is 1. The number of thioether (sulfide) groups is 1. The maximum Gasteiger partial charge on any atom is 0.250 e. The van der Waals surface area contributed by atoms with Crippen LogP contribution in [0.2, 0.25) is 5.02 Å². The predicted octanol–water partition coefficient (Wildman–Crippen LogP) is 5.48. The number of hydrogen-bond acceptors (Lipinski definition) is 6. The first-order valence-corrected chi connectivity index (χ1v) is 11.1. The first-order chi connectivity index (χ1) is 13.5. The molecule has 0 aliphatic heterocycles. The molecular weight excluding hydrogens is 482 g/mol. The van der Waals surface area contributed by atoms with Crippen LogP contribution in [-0.2, 0) is 4.79 Å². The van der Waals surface area contributed by atoms with E-state index < -0.39 is 0 Å². The van der Waals surface area contributed by atoms with E-state index in [0.717, 1.165) is 31.4 Å². The standard InChI is InChI=1S/C19H15BrClN3O2S2/c1-26-17-7-2-12(8-15(17)20)9-22-24-18(25)11-28-19-23-16(10-27-19)13-3-5-14(21)6-4-13/h2-10H,11H2,1H3,(H,24,25)/b22-9+. The first kappa shape index (κ1) is 20.9. The highest BCUT2D eigenvalue weighted by atomic mass is 79.9. The van der Waals surface area contributed by atoms with Crippen molar-refractivity contribution in [3.05, 3.63) is 62.9 Å². The molecule has 9 heteroatoms. The van der Waals surface area contributed by atoms with Gasteiger partial charge in [0.25, 0.3) is 5.91 Å². The molecule has 0 fully saturated rings. The van der Waals surface area contributed by atoms with Crippen molar-refractivity contribution in [2.75, 3.05) is 12.9 Å². The van der Waals surface area contributed by atoms with Gasteiger partial charge in [0.1, 0.15) is 5.75 Å². The van der Waals surface area contributed by atoms with Crippen molar-refractivity contribution in [3.63, 3.8) is 0 Å². The van der Waals surface area contributed by atoms with E-state index >= 15 is 0 Å². The molecule has 0 aliphatic carbocycles. The Morgan fingerprint density at radius 1 is 1.36 bits per heavy atom. The summed E-state index contributed by atoms with van der Waals surface area (Å²) in [6.45, 7) is 0. The number of halogens is 2. The largest absolute Gasteiger partial charge is 0.496 e. The summed E-state index contributed by atoms with van der Waals surface area (Å²) in [5.74, 6) is 0.771. The van der Waals surface area contributed by atoms with Gasteiger partial charge in [-0.25, -0.2) is 10.4 Å². The molecule has 0 bridgehead atoms. The number of hydrazone groups is 1. The zero-order valence-corrected chi connectivity index (χ0v) is 18.7. The highest BCUT2D eigenvalue weighted by molar-refractivity contribution is 9.10. The van der Waals surface area contributed by atoms with Gasteiger partial charge in [0.2, 0.25) is 0 Å². The third-order valence-corrected chi connectivity index (χ3v) is 6.42. The fourth-order valence-corrected chi connectivity index (χ4v) is 4.49. The van der Waals surface area contributed by atoms with Crippen LogP contribution in [0.1, 0.15) is 5.56 Å². The molecule has 144 valence electrons. The molecule has 3 aromatic rings. The van der Waals surface area contributed by atoms with Crippen molar-refractivity contribution in [1.29, 1.82) is 0 Å². The van der Waals surface area contributed by atoms with E-state index in [4.69, 9.17) is 16.3 Å². The molecule has 2 aromatic carbocycles. The molecule has 0 radical (unpaired) electrons. The quantitative estimate of drug-likeness (QED) is 0.267. The van der Waals surface area contributed by atoms with Crippen LogP contribution >= 0.6 is 50.6 Å². The number of carbonyl (C=O) groups excluding carboxylic acids is 1. The Morgan fingerprint density at radius 3 is 2.86 bits per heavy atom. The van der Waals surface area contributed by atoms with E-state index in [1.807, 2.05) is 47.8 Å². The number of thiazole rings is 1. The Morgan fingerprint density at radius 2 is 2.14 bits per heavy atom. The van der Waals surface area contributed by atoms with E-state index in [-0.39, 0.29) is 11.7 Å². The lowest BCUT2D eigenvalue weighted by atomic mass is 10.2. The van der Waals surface area contributed by atoms with Gasteiger partial charge in [0, 0.05) is 16.0 Å². The van der Waals surface area contributed by atoms with Gasteiger partial charge < -0.3 is 4.74 Å². The van der Waals surface area contributed by atoms with Crippen LogP contribution in [-0.4, -0.2) is 30.0 Å². The fraction of sp³-hybridized carbons (Fsp3) is 0.105. The number of aromatic nitrogens is 1. The minimum atomic E-state index is -0.197. The van der Waals surface area contributed by atoms with Crippen molar-refractivity contribution in [3.8, 4) is 17.0 Å². The Hall–Kier alpha value is -1.87. The average molecular weight is 497 g/mol. The van der Waals surface area contributed by atoms with Gasteiger partial charge in [0.15, 0.2) is 4.34 Å². The summed E-state index contributed by atoms with van der Waals surface area (Å²) in [5.41, 5.74) is 5.22. The third kappa shape index (κ3) is 5.81. The van der Waals surface area contributed by atoms with Gasteiger partial charge in [-0.15, -0.1) is 11.3 Å². The van der Waals surface area contributed by atoms with Crippen LogP contribution in [0.4, 0.5) is 0 Å². The lowest BCUT2D eigenvalue weighted by Gasteiger charge is -2.03. The van der Waals surface area contributed by atoms with E-state index in [9.17, 15) is 4.79 Å². The van der Waals surface area contributed by atoms with Crippen LogP contribution in [0.25, 0.3) is 11.3 Å². The Kier molecular flexibility index (Phi) is 7.50. The van der Waals surface area contributed by atoms with Crippen molar-refractivity contribution in [1.82, 2.24) is 10.4 Å². The van der Waals surface area contributed by atoms with Gasteiger partial charge in [-0.3, -0.25) is 4.79 Å². The highest BCUT2D eigenvalue weighted by Gasteiger charge is 2.08. The van der Waals surface area contributed by atoms with Crippen LogP contribution in [0.3, 0.4) is 0 Å². The summed E-state index contributed by atoms with van der Waals surface area (Å²) in [5, 5.41) is 6.63. The molecule has 0 saturated heterocycles. The second kappa shape index (κ2) is 10.1. The van der Waals surface area contributed by atoms with E-state index in [1.54, 1.807) is 13.3 Å². The van der Waals surface area contributed by atoms with Gasteiger partial charge in [0.05, 0.1) is 29.2 Å². The van der Waals surface area contributed by atoms with E-state index in [2.05, 4.69) is 31.4 Å². The third-order valence-electron chi connectivity index (χ3n) is 3.53. The Labute approximate surface area is 184 Å². The maximum absolute atomic E-state index is 12.0. The van der Waals surface area contributed by atoms with Crippen molar-refractivity contribution in [2.45, 2.75) is 4.34 Å². The molecular formula is C19H15BrClN3O2S2. The molecule has 0 unspecified atom stereocenters. The molecule has 1 heterocycles. The zero-order valence-electron chi connectivity index (χ0n) is 14.7. The number of hydrogen-bond donors (Lipinski definition) is 1. The average Bonchev–Trinajstić information content (AvgIpc) is 3.16. The van der Waals surface area contributed by atoms with E-state index in [0.29, 0.717) is 5.02 Å². The van der Waals surface area contributed by atoms with Crippen molar-refractivity contribution in [2.24, 2.45) is 5.10 Å². The fourth-order valence-electron chi connectivity index (χ4n) is 2.18. The zero-order chi connectivity index (χ0) is 19.9. The first-order valence-electron chi connectivity index (χ1n) is 8.05. The predicted molar refractivity (Wildman–Crippen MR) is 120 cm³/mol. The molecule has 28 heavy (non-hydrogen) atoms. The topological polar surface area (TPSA) is 63.6 Å². The van der Waals surface area contributed by atoms with Crippen LogP contribution in [0.5, 0.6) is 5.75 Å². The molecule has 0 aliphatic rings. The summed E-state index contributed by atoms with van der Waals surface area (Å²) in [6, 6.07) is 13.0. The number of nitrogens with one attached hydrogen (secondary N) is 1. The van der Waals surface area contributed by atoms with Crippen molar-refractivity contribution < 1.29 is 9.53 Å². The maximum atomic E-state index is 12.0. The van der Waals surface area contributed by atoms with Crippen LogP contribution in [0, 0.1) is 0 Å². The second-order valence-electron chi connectivity index (χ2n) is 5.48. The normalized spacial score (nSPS) is 11.0. The number of rotatable bonds is 7. The molecule has 0 atom stereocenters. The molecule has 1 aromatic heterocycles. The SMILES string of the molecule is COc1ccc(/C=N/NC(=O)CSc2nc(-c3ccc(Cl)cc3)cs2)cc1Br. The summed E-state index contributed by atoms with van der Waals surface area (Å²) in [6.07, 6.45) is 1.58. The second-order valence-corrected chi connectivity index (χ2v) is 8.85.